The quantitative estimate of drug-likeness (QED) is 0.123. The minimum absolute atomic E-state index is 0.412. The first-order valence-corrected chi connectivity index (χ1v) is 14.5. The number of nitrogens with zero attached hydrogens (tertiary/aromatic N) is 2. The van der Waals surface area contributed by atoms with Gasteiger partial charge in [-0.15, -0.1) is 0 Å². The fraction of sp³-hybridized carbons (Fsp3) is 0.303. The van der Waals surface area contributed by atoms with Gasteiger partial charge in [0.05, 0.1) is 24.7 Å². The fourth-order valence-electron chi connectivity index (χ4n) is 5.35. The van der Waals surface area contributed by atoms with Crippen LogP contribution in [0.4, 0.5) is 11.5 Å². The molecule has 1 saturated heterocycles. The number of anilines is 2. The van der Waals surface area contributed by atoms with Crippen LogP contribution in [0.15, 0.2) is 103 Å². The number of nitrogens with one attached hydrogen (secondary N) is 2. The van der Waals surface area contributed by atoms with Crippen LogP contribution >= 0.6 is 0 Å². The molecule has 1 amide bonds. The van der Waals surface area contributed by atoms with Gasteiger partial charge in [-0.1, -0.05) is 60.7 Å². The number of rotatable bonds is 12. The Labute approximate surface area is 260 Å². The molecule has 3 heterocycles. The second kappa shape index (κ2) is 15.1. The molecule has 0 saturated carbocycles. The lowest BCUT2D eigenvalue weighted by Crippen LogP contribution is -2.59. The maximum atomic E-state index is 13.2. The van der Waals surface area contributed by atoms with E-state index in [0.717, 1.165) is 0 Å². The van der Waals surface area contributed by atoms with Gasteiger partial charge in [-0.25, -0.2) is 4.98 Å². The molecular weight excluding hydrogens is 580 g/mol. The van der Waals surface area contributed by atoms with E-state index in [0.29, 0.717) is 28.3 Å². The second-order valence-electron chi connectivity index (χ2n) is 10.6. The molecule has 12 nitrogen and oxygen atoms in total. The van der Waals surface area contributed by atoms with Gasteiger partial charge in [-0.05, 0) is 41.5 Å². The van der Waals surface area contributed by atoms with Crippen LogP contribution in [0.3, 0.4) is 0 Å². The largest absolute Gasteiger partial charge is 0.394 e. The van der Waals surface area contributed by atoms with Crippen molar-refractivity contribution in [2.45, 2.75) is 48.8 Å². The van der Waals surface area contributed by atoms with E-state index in [1.807, 2.05) is 60.7 Å². The highest BCUT2D eigenvalue weighted by Gasteiger charge is 2.44. The van der Waals surface area contributed by atoms with E-state index in [2.05, 4.69) is 20.6 Å². The van der Waals surface area contributed by atoms with Crippen molar-refractivity contribution in [1.82, 2.24) is 9.97 Å². The first-order valence-electron chi connectivity index (χ1n) is 14.5. The molecule has 5 rings (SSSR count). The van der Waals surface area contributed by atoms with Crippen molar-refractivity contribution in [3.63, 3.8) is 0 Å². The summed E-state index contributed by atoms with van der Waals surface area (Å²) >= 11 is 0. The molecule has 8 unspecified atom stereocenters. The summed E-state index contributed by atoms with van der Waals surface area (Å²) in [5.74, 6) is -0.719. The number of para-hydroxylation sites is 1. The van der Waals surface area contributed by atoms with E-state index < -0.39 is 67.9 Å². The molecule has 0 radical (unpaired) electrons. The third-order valence-electron chi connectivity index (χ3n) is 7.64. The summed E-state index contributed by atoms with van der Waals surface area (Å²) in [7, 11) is 0. The molecule has 45 heavy (non-hydrogen) atoms. The van der Waals surface area contributed by atoms with E-state index in [-0.39, 0.29) is 0 Å². The Hall–Kier alpha value is -4.27. The zero-order valence-corrected chi connectivity index (χ0v) is 24.2. The number of hydrogen-bond donors (Lipinski definition) is 7. The molecule has 1 aliphatic rings. The van der Waals surface area contributed by atoms with Crippen LogP contribution in [0, 0.1) is 0 Å². The first-order chi connectivity index (χ1) is 21.9. The third kappa shape index (κ3) is 7.70. The van der Waals surface area contributed by atoms with E-state index in [1.54, 1.807) is 42.7 Å². The zero-order valence-electron chi connectivity index (χ0n) is 24.2. The Morgan fingerprint density at radius 3 is 2.22 bits per heavy atom. The van der Waals surface area contributed by atoms with Gasteiger partial charge < -0.3 is 45.6 Å². The maximum absolute atomic E-state index is 13.2. The molecule has 1 fully saturated rings. The predicted molar refractivity (Wildman–Crippen MR) is 164 cm³/mol. The van der Waals surface area contributed by atoms with Crippen LogP contribution in [0.2, 0.25) is 0 Å². The summed E-state index contributed by atoms with van der Waals surface area (Å²) in [6, 6.07) is 26.6. The summed E-state index contributed by atoms with van der Waals surface area (Å²) in [5, 5.41) is 57.9. The molecule has 4 aromatic rings. The van der Waals surface area contributed by atoms with Gasteiger partial charge >= 0.3 is 0 Å². The summed E-state index contributed by atoms with van der Waals surface area (Å²) in [5.41, 5.74) is 2.31. The minimum atomic E-state index is -1.64. The van der Waals surface area contributed by atoms with Gasteiger partial charge in [0.15, 0.2) is 6.29 Å². The summed E-state index contributed by atoms with van der Waals surface area (Å²) in [4.78, 5) is 22.2. The predicted octanol–water partition coefficient (Wildman–Crippen LogP) is 1.90. The van der Waals surface area contributed by atoms with Crippen LogP contribution in [-0.4, -0.2) is 85.3 Å². The molecule has 2 aromatic carbocycles. The lowest BCUT2D eigenvalue weighted by molar-refractivity contribution is -0.299. The smallest absolute Gasteiger partial charge is 0.250 e. The Balaban J connectivity index is 1.45. The topological polar surface area (TPSA) is 187 Å². The van der Waals surface area contributed by atoms with Crippen LogP contribution in [0.1, 0.15) is 34.9 Å². The number of carbonyl (C=O) groups excluding carboxylic acids is 1. The lowest BCUT2D eigenvalue weighted by atomic mass is 9.82. The molecule has 2 aromatic heterocycles. The van der Waals surface area contributed by atoms with E-state index >= 15 is 0 Å². The molecule has 8 atom stereocenters. The number of benzene rings is 2. The number of aromatic nitrogens is 2. The van der Waals surface area contributed by atoms with Crippen molar-refractivity contribution in [2.75, 3.05) is 23.8 Å². The van der Waals surface area contributed by atoms with E-state index in [9.17, 15) is 30.3 Å². The number of ether oxygens (including phenoxy) is 2. The molecule has 0 aliphatic carbocycles. The van der Waals surface area contributed by atoms with Crippen molar-refractivity contribution in [3.8, 4) is 0 Å². The minimum Gasteiger partial charge on any atom is -0.394 e. The van der Waals surface area contributed by atoms with Crippen LogP contribution in [-0.2, 0) is 14.3 Å². The third-order valence-corrected chi connectivity index (χ3v) is 7.64. The molecule has 7 N–H and O–H groups in total. The average molecular weight is 617 g/mol. The molecule has 1 aliphatic heterocycles. The molecule has 0 spiro atoms. The van der Waals surface area contributed by atoms with Gasteiger partial charge in [0, 0.05) is 23.8 Å². The van der Waals surface area contributed by atoms with Gasteiger partial charge in [-0.3, -0.25) is 9.78 Å². The standard InChI is InChI=1S/C33H36N4O8/c38-18-24-30(41)31(42)32(43)33(45-24)44-19-26(39)36-22-13-5-4-12-21(22)28(37-25-15-7-9-17-35-25)27(23-14-6-8-16-34-23)29(40)20-10-2-1-3-11-20/h1-17,24,27-33,38,40-43H,18-19H2,(H,35,37)(H,36,39). The Bertz CT molecular complexity index is 1500. The number of carbonyl (C=O) groups is 1. The van der Waals surface area contributed by atoms with Crippen LogP contribution in [0.25, 0.3) is 0 Å². The fourth-order valence-corrected chi connectivity index (χ4v) is 5.35. The van der Waals surface area contributed by atoms with Crippen molar-refractivity contribution in [1.29, 1.82) is 0 Å². The number of hydrogen-bond acceptors (Lipinski definition) is 11. The van der Waals surface area contributed by atoms with E-state index in [1.165, 1.54) is 0 Å². The molecule has 236 valence electrons. The van der Waals surface area contributed by atoms with Gasteiger partial charge in [0.1, 0.15) is 36.8 Å². The number of aliphatic hydroxyl groups excluding tert-OH is 5. The van der Waals surface area contributed by atoms with Gasteiger partial charge in [0.2, 0.25) is 0 Å². The summed E-state index contributed by atoms with van der Waals surface area (Å²) in [6.07, 6.45) is -5.18. The molecular formula is C33H36N4O8. The summed E-state index contributed by atoms with van der Waals surface area (Å²) in [6.45, 7) is -1.20. The molecule has 12 heteroatoms. The van der Waals surface area contributed by atoms with Gasteiger partial charge in [0.25, 0.3) is 5.91 Å². The molecule has 0 bridgehead atoms. The first kappa shape index (κ1) is 32.1. The normalized spacial score (nSPS) is 23.4. The number of pyridine rings is 2. The highest BCUT2D eigenvalue weighted by molar-refractivity contribution is 5.92. The lowest BCUT2D eigenvalue weighted by Gasteiger charge is -2.39. The zero-order chi connectivity index (χ0) is 31.8. The number of aliphatic hydroxyl groups is 5. The second-order valence-corrected chi connectivity index (χ2v) is 10.6. The summed E-state index contributed by atoms with van der Waals surface area (Å²) < 4.78 is 10.8. The highest BCUT2D eigenvalue weighted by Crippen LogP contribution is 2.43. The average Bonchev–Trinajstić information content (AvgIpc) is 3.08. The van der Waals surface area contributed by atoms with Crippen molar-refractivity contribution >= 4 is 17.4 Å². The van der Waals surface area contributed by atoms with Gasteiger partial charge in [-0.2, -0.15) is 0 Å². The van der Waals surface area contributed by atoms with Crippen molar-refractivity contribution < 1.29 is 39.8 Å². The SMILES string of the molecule is O=C(COC1OC(CO)C(O)C(O)C1O)Nc1ccccc1C(Nc1ccccn1)C(c1ccccn1)C(O)c1ccccc1. The van der Waals surface area contributed by atoms with Crippen LogP contribution < -0.4 is 10.6 Å². The maximum Gasteiger partial charge on any atom is 0.250 e. The van der Waals surface area contributed by atoms with Crippen molar-refractivity contribution in [3.05, 3.63) is 120 Å². The Kier molecular flexibility index (Phi) is 10.8. The number of amides is 1. The Morgan fingerprint density at radius 2 is 1.53 bits per heavy atom. The monoisotopic (exact) mass is 616 g/mol. The highest BCUT2D eigenvalue weighted by atomic mass is 16.7. The van der Waals surface area contributed by atoms with Crippen molar-refractivity contribution in [2.24, 2.45) is 0 Å². The van der Waals surface area contributed by atoms with E-state index in [4.69, 9.17) is 9.47 Å². The Morgan fingerprint density at radius 1 is 0.844 bits per heavy atom. The van der Waals surface area contributed by atoms with Crippen LogP contribution in [0.5, 0.6) is 0 Å².